The highest BCUT2D eigenvalue weighted by atomic mass is 32.2. The molecule has 0 aliphatic carbocycles. The zero-order valence-corrected chi connectivity index (χ0v) is 17.9. The molecule has 0 aliphatic rings. The van der Waals surface area contributed by atoms with Crippen LogP contribution in [0, 0.1) is 36.4 Å². The molecule has 0 fully saturated rings. The summed E-state index contributed by atoms with van der Waals surface area (Å²) in [6, 6.07) is 18.5. The standard InChI is InChI=1S/C23H18NPS2/c1-15-12-20(19-7-9-21(26)10-8-19)6-5-18(15)4-3-17-11-16(2)23(27-14-24)22(25)13-17/h5-13,26H,25H2,1-2H3. The van der Waals surface area contributed by atoms with Crippen LogP contribution in [0.1, 0.15) is 22.3 Å². The van der Waals surface area contributed by atoms with E-state index in [1.165, 1.54) is 22.9 Å². The fourth-order valence-corrected chi connectivity index (χ4v) is 4.06. The quantitative estimate of drug-likeness (QED) is 0.194. The number of nitriles is 1. The van der Waals surface area contributed by atoms with Crippen LogP contribution in [0.5, 0.6) is 0 Å². The van der Waals surface area contributed by atoms with E-state index in [1.807, 2.05) is 31.2 Å². The highest BCUT2D eigenvalue weighted by Gasteiger charge is 2.05. The van der Waals surface area contributed by atoms with E-state index >= 15 is 0 Å². The molecule has 1 atom stereocenters. The van der Waals surface area contributed by atoms with Crippen molar-refractivity contribution in [1.82, 2.24) is 0 Å². The van der Waals surface area contributed by atoms with Crippen LogP contribution in [0.3, 0.4) is 0 Å². The van der Waals surface area contributed by atoms with Crippen molar-refractivity contribution in [3.8, 4) is 28.4 Å². The molecule has 3 aromatic rings. The minimum absolute atomic E-state index is 0.952. The van der Waals surface area contributed by atoms with Crippen molar-refractivity contribution in [2.45, 2.75) is 23.6 Å². The Kier molecular flexibility index (Phi) is 6.30. The fourth-order valence-electron chi connectivity index (χ4n) is 2.84. The molecular weight excluding hydrogens is 385 g/mol. The third-order valence-corrected chi connectivity index (χ3v) is 6.04. The molecule has 132 valence electrons. The normalized spacial score (nSPS) is 10.0. The number of hydrogen-bond donors (Lipinski definition) is 1. The Balaban J connectivity index is 1.89. The first kappa shape index (κ1) is 19.6. The Morgan fingerprint density at radius 3 is 2.22 bits per heavy atom. The molecule has 0 radical (unpaired) electrons. The zero-order chi connectivity index (χ0) is 19.4. The molecule has 0 aliphatic heterocycles. The topological polar surface area (TPSA) is 23.8 Å². The molecule has 0 saturated heterocycles. The molecule has 27 heavy (non-hydrogen) atoms. The molecule has 0 spiro atoms. The van der Waals surface area contributed by atoms with Gasteiger partial charge < -0.3 is 0 Å². The molecule has 1 unspecified atom stereocenters. The largest absolute Gasteiger partial charge is 0.185 e. The zero-order valence-electron chi connectivity index (χ0n) is 15.1. The van der Waals surface area contributed by atoms with Gasteiger partial charge in [-0.25, -0.2) is 0 Å². The Morgan fingerprint density at radius 2 is 1.59 bits per heavy atom. The van der Waals surface area contributed by atoms with Crippen molar-refractivity contribution >= 4 is 38.9 Å². The predicted octanol–water partition coefficient (Wildman–Crippen LogP) is 5.73. The summed E-state index contributed by atoms with van der Waals surface area (Å²) < 4.78 is 0. The number of benzene rings is 3. The third kappa shape index (κ3) is 4.77. The maximum absolute atomic E-state index is 8.91. The van der Waals surface area contributed by atoms with Gasteiger partial charge in [0.05, 0.1) is 0 Å². The average Bonchev–Trinajstić information content (AvgIpc) is 2.64. The number of thioether (sulfide) groups is 1. The van der Waals surface area contributed by atoms with Gasteiger partial charge in [-0.15, -0.1) is 21.9 Å². The van der Waals surface area contributed by atoms with Crippen LogP contribution in [0.2, 0.25) is 0 Å². The second-order valence-electron chi connectivity index (χ2n) is 6.23. The van der Waals surface area contributed by atoms with Crippen molar-refractivity contribution < 1.29 is 0 Å². The number of thiol groups is 1. The summed E-state index contributed by atoms with van der Waals surface area (Å²) in [5.74, 6) is 6.53. The number of rotatable bonds is 2. The predicted molar refractivity (Wildman–Crippen MR) is 122 cm³/mol. The van der Waals surface area contributed by atoms with Crippen molar-refractivity contribution in [3.05, 3.63) is 76.9 Å². The van der Waals surface area contributed by atoms with E-state index in [0.29, 0.717) is 0 Å². The number of hydrogen-bond acceptors (Lipinski definition) is 3. The molecule has 0 bridgehead atoms. The van der Waals surface area contributed by atoms with Crippen LogP contribution >= 0.6 is 33.6 Å². The first-order chi connectivity index (χ1) is 13.0. The molecule has 0 heterocycles. The molecule has 0 N–H and O–H groups in total. The summed E-state index contributed by atoms with van der Waals surface area (Å²) in [4.78, 5) is 1.95. The fraction of sp³-hybridized carbons (Fsp3) is 0.0870. The Hall–Kier alpha value is -2.16. The molecule has 3 rings (SSSR count). The van der Waals surface area contributed by atoms with Crippen molar-refractivity contribution in [3.63, 3.8) is 0 Å². The first-order valence-corrected chi connectivity index (χ1v) is 10.2. The first-order valence-electron chi connectivity index (χ1n) is 8.36. The molecule has 0 amide bonds. The van der Waals surface area contributed by atoms with E-state index in [9.17, 15) is 0 Å². The average molecular weight is 404 g/mol. The van der Waals surface area contributed by atoms with Crippen molar-refractivity contribution in [2.75, 3.05) is 0 Å². The monoisotopic (exact) mass is 403 g/mol. The second kappa shape index (κ2) is 8.69. The highest BCUT2D eigenvalue weighted by molar-refractivity contribution is 8.04. The lowest BCUT2D eigenvalue weighted by molar-refractivity contribution is 1.33. The van der Waals surface area contributed by atoms with Gasteiger partial charge in [-0.3, -0.25) is 0 Å². The Morgan fingerprint density at radius 1 is 0.889 bits per heavy atom. The van der Waals surface area contributed by atoms with Crippen LogP contribution in [0.15, 0.2) is 64.4 Å². The van der Waals surface area contributed by atoms with Crippen molar-refractivity contribution in [1.29, 1.82) is 5.26 Å². The Bertz CT molecular complexity index is 1080. The molecule has 1 nitrogen and oxygen atoms in total. The van der Waals surface area contributed by atoms with Crippen molar-refractivity contribution in [2.24, 2.45) is 0 Å². The maximum atomic E-state index is 8.91. The van der Waals surface area contributed by atoms with Gasteiger partial charge >= 0.3 is 0 Å². The van der Waals surface area contributed by atoms with Gasteiger partial charge in [0.15, 0.2) is 0 Å². The van der Waals surface area contributed by atoms with Gasteiger partial charge in [0.25, 0.3) is 0 Å². The van der Waals surface area contributed by atoms with E-state index in [-0.39, 0.29) is 0 Å². The number of aryl methyl sites for hydroxylation is 2. The van der Waals surface area contributed by atoms with Crippen LogP contribution in [0.25, 0.3) is 11.1 Å². The maximum Gasteiger partial charge on any atom is 0.138 e. The van der Waals surface area contributed by atoms with Gasteiger partial charge in [0, 0.05) is 20.9 Å². The van der Waals surface area contributed by atoms with Crippen LogP contribution < -0.4 is 5.30 Å². The molecule has 0 saturated carbocycles. The summed E-state index contributed by atoms with van der Waals surface area (Å²) in [5.41, 5.74) is 6.53. The minimum Gasteiger partial charge on any atom is -0.185 e. The van der Waals surface area contributed by atoms with Crippen LogP contribution in [0.4, 0.5) is 0 Å². The highest BCUT2D eigenvalue weighted by Crippen LogP contribution is 2.24. The Labute approximate surface area is 172 Å². The number of nitrogens with zero attached hydrogens (tertiary/aromatic N) is 1. The molecule has 4 heteroatoms. The van der Waals surface area contributed by atoms with Gasteiger partial charge in [0.1, 0.15) is 5.40 Å². The smallest absolute Gasteiger partial charge is 0.138 e. The van der Waals surface area contributed by atoms with E-state index in [0.717, 1.165) is 37.3 Å². The van der Waals surface area contributed by atoms with E-state index in [1.54, 1.807) is 0 Å². The van der Waals surface area contributed by atoms with Gasteiger partial charge in [0.2, 0.25) is 0 Å². The number of thiocyanates is 1. The molecular formula is C23H18NPS2. The second-order valence-corrected chi connectivity index (χ2v) is 8.16. The van der Waals surface area contributed by atoms with Crippen LogP contribution in [-0.2, 0) is 0 Å². The summed E-state index contributed by atoms with van der Waals surface area (Å²) in [5, 5.41) is 12.1. The van der Waals surface area contributed by atoms with Gasteiger partial charge in [-0.2, -0.15) is 5.26 Å². The summed E-state index contributed by atoms with van der Waals surface area (Å²) in [6.07, 6.45) is 0. The lowest BCUT2D eigenvalue weighted by Crippen LogP contribution is -1.99. The third-order valence-electron chi connectivity index (χ3n) is 4.22. The summed E-state index contributed by atoms with van der Waals surface area (Å²) in [7, 11) is 2.69. The van der Waals surface area contributed by atoms with Gasteiger partial charge in [-0.05, 0) is 83.5 Å². The minimum atomic E-state index is 0.952. The van der Waals surface area contributed by atoms with Gasteiger partial charge in [-0.1, -0.05) is 36.1 Å². The molecule has 0 aromatic heterocycles. The SMILES string of the molecule is Cc1cc(-c2ccc(S)cc2)ccc1C#Cc1cc(C)c(SC#N)c(P)c1. The molecule has 3 aromatic carbocycles. The van der Waals surface area contributed by atoms with E-state index in [4.69, 9.17) is 5.26 Å². The lowest BCUT2D eigenvalue weighted by atomic mass is 10.00. The summed E-state index contributed by atoms with van der Waals surface area (Å²) in [6.45, 7) is 4.09. The van der Waals surface area contributed by atoms with Crippen LogP contribution in [-0.4, -0.2) is 0 Å². The van der Waals surface area contributed by atoms with E-state index < -0.39 is 0 Å². The summed E-state index contributed by atoms with van der Waals surface area (Å²) >= 11 is 5.52. The van der Waals surface area contributed by atoms with E-state index in [2.05, 4.69) is 76.4 Å². The lowest BCUT2D eigenvalue weighted by Gasteiger charge is -2.06.